The second-order valence-electron chi connectivity index (χ2n) is 4.24. The normalized spacial score (nSPS) is 10.0. The summed E-state index contributed by atoms with van der Waals surface area (Å²) in [6.45, 7) is 3.44. The van der Waals surface area contributed by atoms with Crippen molar-refractivity contribution in [3.05, 3.63) is 0 Å². The van der Waals surface area contributed by atoms with Crippen LogP contribution in [0.4, 0.5) is 0 Å². The Morgan fingerprint density at radius 3 is 2.06 bits per heavy atom. The molecule has 0 bridgehead atoms. The van der Waals surface area contributed by atoms with Crippen LogP contribution < -0.4 is 0 Å². The number of rotatable bonds is 9. The number of unbranched alkanes of at least 4 members (excludes halogenated alkanes) is 5. The second kappa shape index (κ2) is 10.00. The van der Waals surface area contributed by atoms with Gasteiger partial charge in [0.2, 0.25) is 0 Å². The highest BCUT2D eigenvalue weighted by Crippen LogP contribution is 2.07. The number of Topliss-reactive ketones (excluding diaryl/α,β-unsaturated/α-hetero) is 1. The van der Waals surface area contributed by atoms with Crippen LogP contribution in [0.5, 0.6) is 0 Å². The van der Waals surface area contributed by atoms with E-state index in [-0.39, 0.29) is 18.6 Å². The zero-order chi connectivity index (χ0) is 13.1. The van der Waals surface area contributed by atoms with Crippen molar-refractivity contribution < 1.29 is 19.1 Å². The molecule has 0 unspecified atom stereocenters. The van der Waals surface area contributed by atoms with Crippen LogP contribution in [0.15, 0.2) is 0 Å². The fraction of sp³-hybridized carbons (Fsp3) is 0.769. The molecular weight excluding hydrogens is 220 g/mol. The highest BCUT2D eigenvalue weighted by atomic mass is 16.6. The average Bonchev–Trinajstić information content (AvgIpc) is 2.21. The zero-order valence-corrected chi connectivity index (χ0v) is 10.8. The van der Waals surface area contributed by atoms with E-state index in [9.17, 15) is 14.4 Å². The largest absolute Gasteiger partial charge is 0.393 e. The number of ketones is 1. The summed E-state index contributed by atoms with van der Waals surface area (Å²) >= 11 is 0. The second-order valence-corrected chi connectivity index (χ2v) is 4.24. The first-order chi connectivity index (χ1) is 8.06. The van der Waals surface area contributed by atoms with Crippen LogP contribution in [0.25, 0.3) is 0 Å². The summed E-state index contributed by atoms with van der Waals surface area (Å²) in [6.07, 6.45) is 6.39. The standard InChI is InChI=1S/C13H22O4/c1-3-4-5-6-7-8-9-12(15)17-13(16)10-11(2)14/h3-10H2,1-2H3. The van der Waals surface area contributed by atoms with Gasteiger partial charge in [-0.05, 0) is 13.3 Å². The number of carbonyl (C=O) groups excluding carboxylic acids is 3. The Hall–Kier alpha value is -1.19. The molecule has 4 heteroatoms. The molecule has 0 amide bonds. The molecule has 0 heterocycles. The van der Waals surface area contributed by atoms with Gasteiger partial charge < -0.3 is 4.74 Å². The van der Waals surface area contributed by atoms with Crippen molar-refractivity contribution >= 4 is 17.7 Å². The summed E-state index contributed by atoms with van der Waals surface area (Å²) in [5.41, 5.74) is 0. The predicted molar refractivity (Wildman–Crippen MR) is 64.4 cm³/mol. The fourth-order valence-electron chi connectivity index (χ4n) is 1.47. The summed E-state index contributed by atoms with van der Waals surface area (Å²) in [6, 6.07) is 0. The van der Waals surface area contributed by atoms with Crippen molar-refractivity contribution in [2.75, 3.05) is 0 Å². The van der Waals surface area contributed by atoms with Gasteiger partial charge in [-0.3, -0.25) is 14.4 Å². The van der Waals surface area contributed by atoms with Gasteiger partial charge in [-0.25, -0.2) is 0 Å². The molecule has 0 N–H and O–H groups in total. The molecule has 0 aromatic heterocycles. The van der Waals surface area contributed by atoms with Gasteiger partial charge in [0, 0.05) is 6.42 Å². The molecular formula is C13H22O4. The number of carbonyl (C=O) groups is 3. The van der Waals surface area contributed by atoms with E-state index < -0.39 is 11.9 Å². The Bertz CT molecular complexity index is 258. The first-order valence-corrected chi connectivity index (χ1v) is 6.29. The first-order valence-electron chi connectivity index (χ1n) is 6.29. The molecule has 0 saturated heterocycles. The van der Waals surface area contributed by atoms with Crippen LogP contribution >= 0.6 is 0 Å². The van der Waals surface area contributed by atoms with Crippen LogP contribution in [0.2, 0.25) is 0 Å². The van der Waals surface area contributed by atoms with E-state index in [1.165, 1.54) is 26.2 Å². The summed E-state index contributed by atoms with van der Waals surface area (Å²) in [7, 11) is 0. The van der Waals surface area contributed by atoms with Crippen molar-refractivity contribution in [3.63, 3.8) is 0 Å². The minimum atomic E-state index is -0.742. The van der Waals surface area contributed by atoms with E-state index in [4.69, 9.17) is 0 Å². The average molecular weight is 242 g/mol. The van der Waals surface area contributed by atoms with Crippen molar-refractivity contribution in [3.8, 4) is 0 Å². The lowest BCUT2D eigenvalue weighted by molar-refractivity contribution is -0.160. The van der Waals surface area contributed by atoms with Crippen molar-refractivity contribution in [2.45, 2.75) is 65.2 Å². The predicted octanol–water partition coefficient (Wildman–Crippen LogP) is 2.79. The molecule has 0 spiro atoms. The van der Waals surface area contributed by atoms with Gasteiger partial charge in [0.05, 0.1) is 0 Å². The van der Waals surface area contributed by atoms with Gasteiger partial charge in [0.25, 0.3) is 0 Å². The molecule has 0 rings (SSSR count). The van der Waals surface area contributed by atoms with Crippen LogP contribution in [-0.4, -0.2) is 17.7 Å². The van der Waals surface area contributed by atoms with Gasteiger partial charge in [0.1, 0.15) is 12.2 Å². The monoisotopic (exact) mass is 242 g/mol. The Morgan fingerprint density at radius 1 is 0.882 bits per heavy atom. The molecule has 17 heavy (non-hydrogen) atoms. The van der Waals surface area contributed by atoms with Crippen molar-refractivity contribution in [1.82, 2.24) is 0 Å². The van der Waals surface area contributed by atoms with Crippen LogP contribution in [0.3, 0.4) is 0 Å². The van der Waals surface area contributed by atoms with E-state index in [1.54, 1.807) is 0 Å². The van der Waals surface area contributed by atoms with E-state index in [0.717, 1.165) is 19.3 Å². The molecule has 0 radical (unpaired) electrons. The maximum atomic E-state index is 11.2. The van der Waals surface area contributed by atoms with E-state index in [2.05, 4.69) is 11.7 Å². The third-order valence-electron chi connectivity index (χ3n) is 2.36. The van der Waals surface area contributed by atoms with E-state index >= 15 is 0 Å². The maximum absolute atomic E-state index is 11.2. The minimum Gasteiger partial charge on any atom is -0.393 e. The summed E-state index contributed by atoms with van der Waals surface area (Å²) in [5, 5.41) is 0. The number of esters is 2. The summed E-state index contributed by atoms with van der Waals surface area (Å²) < 4.78 is 4.49. The van der Waals surface area contributed by atoms with Gasteiger partial charge >= 0.3 is 11.9 Å². The summed E-state index contributed by atoms with van der Waals surface area (Å²) in [4.78, 5) is 32.7. The SMILES string of the molecule is CCCCCCCCC(=O)OC(=O)CC(C)=O. The van der Waals surface area contributed by atoms with Crippen LogP contribution in [-0.2, 0) is 19.1 Å². The Kier molecular flexibility index (Phi) is 9.30. The van der Waals surface area contributed by atoms with E-state index in [1.807, 2.05) is 0 Å². The van der Waals surface area contributed by atoms with Gasteiger partial charge in [-0.15, -0.1) is 0 Å². The maximum Gasteiger partial charge on any atom is 0.320 e. The molecule has 0 atom stereocenters. The Balaban J connectivity index is 3.46. The quantitative estimate of drug-likeness (QED) is 0.354. The highest BCUT2D eigenvalue weighted by molar-refractivity contribution is 5.98. The van der Waals surface area contributed by atoms with Gasteiger partial charge in [-0.1, -0.05) is 39.0 Å². The molecule has 98 valence electrons. The van der Waals surface area contributed by atoms with Crippen molar-refractivity contribution in [2.24, 2.45) is 0 Å². The first kappa shape index (κ1) is 15.8. The lowest BCUT2D eigenvalue weighted by Crippen LogP contribution is -2.14. The number of hydrogen-bond donors (Lipinski definition) is 0. The van der Waals surface area contributed by atoms with Gasteiger partial charge in [-0.2, -0.15) is 0 Å². The molecule has 0 fully saturated rings. The minimum absolute atomic E-state index is 0.260. The lowest BCUT2D eigenvalue weighted by Gasteiger charge is -2.02. The molecule has 4 nitrogen and oxygen atoms in total. The molecule has 0 aliphatic heterocycles. The topological polar surface area (TPSA) is 60.4 Å². The molecule has 0 aromatic carbocycles. The zero-order valence-electron chi connectivity index (χ0n) is 10.8. The third kappa shape index (κ3) is 11.1. The molecule has 0 aliphatic rings. The van der Waals surface area contributed by atoms with Crippen LogP contribution in [0.1, 0.15) is 65.2 Å². The molecule has 0 aliphatic carbocycles. The summed E-state index contributed by atoms with van der Waals surface area (Å²) in [5.74, 6) is -1.55. The Morgan fingerprint density at radius 2 is 1.47 bits per heavy atom. The van der Waals surface area contributed by atoms with E-state index in [0.29, 0.717) is 0 Å². The molecule has 0 aromatic rings. The molecule has 0 saturated carbocycles. The third-order valence-corrected chi connectivity index (χ3v) is 2.36. The van der Waals surface area contributed by atoms with Gasteiger partial charge in [0.15, 0.2) is 0 Å². The van der Waals surface area contributed by atoms with Crippen LogP contribution in [0, 0.1) is 0 Å². The highest BCUT2D eigenvalue weighted by Gasteiger charge is 2.11. The number of hydrogen-bond acceptors (Lipinski definition) is 4. The number of ether oxygens (including phenoxy) is 1. The lowest BCUT2D eigenvalue weighted by atomic mass is 10.1. The fourth-order valence-corrected chi connectivity index (χ4v) is 1.47. The van der Waals surface area contributed by atoms with Crippen molar-refractivity contribution in [1.29, 1.82) is 0 Å². The Labute approximate surface area is 103 Å². The smallest absolute Gasteiger partial charge is 0.320 e.